The van der Waals surface area contributed by atoms with Crippen molar-refractivity contribution in [2.24, 2.45) is 0 Å². The van der Waals surface area contributed by atoms with E-state index in [2.05, 4.69) is 20.8 Å². The number of hydrogen-bond donors (Lipinski definition) is 1. The molecule has 0 fully saturated rings. The summed E-state index contributed by atoms with van der Waals surface area (Å²) in [6.45, 7) is 7.12. The third-order valence-electron chi connectivity index (χ3n) is 4.57. The lowest BCUT2D eigenvalue weighted by Gasteiger charge is -2.15. The fraction of sp³-hybridized carbons (Fsp3) is 0.364. The highest BCUT2D eigenvalue weighted by Gasteiger charge is 2.16. The number of aryl methyl sites for hydroxylation is 1. The van der Waals surface area contributed by atoms with Crippen molar-refractivity contribution in [1.82, 2.24) is 25.5 Å². The Kier molecular flexibility index (Phi) is 7.26. The molecule has 0 aliphatic rings. The van der Waals surface area contributed by atoms with Gasteiger partial charge in [0.15, 0.2) is 5.82 Å². The topological polar surface area (TPSA) is 91.2 Å². The summed E-state index contributed by atoms with van der Waals surface area (Å²) >= 11 is 0. The molecule has 0 radical (unpaired) electrons. The molecule has 3 rings (SSSR count). The minimum atomic E-state index is -0.186. The van der Waals surface area contributed by atoms with Gasteiger partial charge in [-0.3, -0.25) is 4.79 Å². The number of carbonyl (C=O) groups excluding carboxylic acids is 1. The van der Waals surface area contributed by atoms with Crippen LogP contribution in [0.25, 0.3) is 16.8 Å². The molecule has 0 spiro atoms. The average molecular weight is 409 g/mol. The van der Waals surface area contributed by atoms with E-state index in [9.17, 15) is 4.79 Å². The maximum atomic E-state index is 12.9. The molecular weight excluding hydrogens is 382 g/mol. The number of benzene rings is 2. The summed E-state index contributed by atoms with van der Waals surface area (Å²) in [4.78, 5) is 12.9. The zero-order valence-electron chi connectivity index (χ0n) is 17.8. The minimum absolute atomic E-state index is 0.115. The van der Waals surface area contributed by atoms with Gasteiger partial charge in [0.1, 0.15) is 6.61 Å². The first-order chi connectivity index (χ1) is 14.5. The standard InChI is InChI=1S/C22H27N5O3/c1-5-30-14-21-24-25-26-27(21)20-11-18(17-8-6-15(2)7-9-17)10-19(12-20)22(28)23-16(3)13-29-4/h6-12,16H,5,13-14H2,1-4H3,(H,23,28)/t16-/m1/s1. The zero-order chi connectivity index (χ0) is 21.5. The van der Waals surface area contributed by atoms with Crippen LogP contribution in [0.4, 0.5) is 0 Å². The van der Waals surface area contributed by atoms with Crippen LogP contribution in [-0.2, 0) is 16.1 Å². The predicted molar refractivity (Wildman–Crippen MR) is 113 cm³/mol. The Bertz CT molecular complexity index is 985. The highest BCUT2D eigenvalue weighted by molar-refractivity contribution is 5.96. The second kappa shape index (κ2) is 10.1. The van der Waals surface area contributed by atoms with Crippen LogP contribution in [0.3, 0.4) is 0 Å². The quantitative estimate of drug-likeness (QED) is 0.584. The number of nitrogens with one attached hydrogen (secondary N) is 1. The van der Waals surface area contributed by atoms with Gasteiger partial charge in [-0.2, -0.15) is 4.68 Å². The van der Waals surface area contributed by atoms with Crippen molar-refractivity contribution in [3.8, 4) is 16.8 Å². The van der Waals surface area contributed by atoms with Crippen molar-refractivity contribution in [1.29, 1.82) is 0 Å². The van der Waals surface area contributed by atoms with Gasteiger partial charge in [0.2, 0.25) is 0 Å². The van der Waals surface area contributed by atoms with Crippen molar-refractivity contribution >= 4 is 5.91 Å². The number of methoxy groups -OCH3 is 1. The smallest absolute Gasteiger partial charge is 0.251 e. The third-order valence-corrected chi connectivity index (χ3v) is 4.57. The van der Waals surface area contributed by atoms with Gasteiger partial charge in [0.25, 0.3) is 5.91 Å². The van der Waals surface area contributed by atoms with E-state index in [-0.39, 0.29) is 18.6 Å². The average Bonchev–Trinajstić information content (AvgIpc) is 3.21. The Hall–Kier alpha value is -3.10. The van der Waals surface area contributed by atoms with Crippen molar-refractivity contribution in [2.75, 3.05) is 20.3 Å². The molecule has 1 amide bonds. The molecule has 30 heavy (non-hydrogen) atoms. The van der Waals surface area contributed by atoms with E-state index in [0.29, 0.717) is 30.3 Å². The molecule has 0 aliphatic carbocycles. The lowest BCUT2D eigenvalue weighted by Crippen LogP contribution is -2.35. The monoisotopic (exact) mass is 409 g/mol. The van der Waals surface area contributed by atoms with Crippen LogP contribution < -0.4 is 5.32 Å². The van der Waals surface area contributed by atoms with Gasteiger partial charge in [-0.15, -0.1) is 5.10 Å². The van der Waals surface area contributed by atoms with Crippen LogP contribution >= 0.6 is 0 Å². The number of ether oxygens (including phenoxy) is 2. The first kappa shape index (κ1) is 21.6. The van der Waals surface area contributed by atoms with Crippen LogP contribution in [-0.4, -0.2) is 52.5 Å². The molecule has 158 valence electrons. The minimum Gasteiger partial charge on any atom is -0.383 e. The Balaban J connectivity index is 2.03. The fourth-order valence-electron chi connectivity index (χ4n) is 3.07. The van der Waals surface area contributed by atoms with Gasteiger partial charge in [-0.05, 0) is 60.5 Å². The van der Waals surface area contributed by atoms with Gasteiger partial charge >= 0.3 is 0 Å². The number of aromatic nitrogens is 4. The normalized spacial score (nSPS) is 12.0. The summed E-state index contributed by atoms with van der Waals surface area (Å²) in [6.07, 6.45) is 0. The predicted octanol–water partition coefficient (Wildman–Crippen LogP) is 2.94. The van der Waals surface area contributed by atoms with E-state index >= 15 is 0 Å². The molecule has 1 N–H and O–H groups in total. The number of hydrogen-bond acceptors (Lipinski definition) is 6. The van der Waals surface area contributed by atoms with Crippen LogP contribution in [0.2, 0.25) is 0 Å². The largest absolute Gasteiger partial charge is 0.383 e. The molecule has 3 aromatic rings. The molecule has 0 saturated heterocycles. The maximum Gasteiger partial charge on any atom is 0.251 e. The number of tetrazole rings is 1. The lowest BCUT2D eigenvalue weighted by molar-refractivity contribution is 0.0905. The van der Waals surface area contributed by atoms with Gasteiger partial charge in [-0.25, -0.2) is 0 Å². The Morgan fingerprint density at radius 3 is 2.63 bits per heavy atom. The van der Waals surface area contributed by atoms with Gasteiger partial charge in [0, 0.05) is 25.3 Å². The molecule has 8 heteroatoms. The number of amides is 1. The molecule has 1 aromatic heterocycles. The Morgan fingerprint density at radius 1 is 1.17 bits per heavy atom. The van der Waals surface area contributed by atoms with Crippen LogP contribution in [0.15, 0.2) is 42.5 Å². The summed E-state index contributed by atoms with van der Waals surface area (Å²) in [7, 11) is 1.61. The summed E-state index contributed by atoms with van der Waals surface area (Å²) in [6, 6.07) is 13.6. The highest BCUT2D eigenvalue weighted by Crippen LogP contribution is 2.25. The number of carbonyl (C=O) groups is 1. The second-order valence-corrected chi connectivity index (χ2v) is 7.11. The first-order valence-electron chi connectivity index (χ1n) is 9.89. The first-order valence-corrected chi connectivity index (χ1v) is 9.89. The van der Waals surface area contributed by atoms with E-state index in [1.165, 1.54) is 5.56 Å². The molecule has 0 saturated carbocycles. The molecule has 0 unspecified atom stereocenters. The molecule has 2 aromatic carbocycles. The van der Waals surface area contributed by atoms with Crippen LogP contribution in [0.5, 0.6) is 0 Å². The molecular formula is C22H27N5O3. The Morgan fingerprint density at radius 2 is 1.93 bits per heavy atom. The molecule has 1 heterocycles. The summed E-state index contributed by atoms with van der Waals surface area (Å²) < 4.78 is 12.2. The van der Waals surface area contributed by atoms with Crippen molar-refractivity contribution in [3.05, 3.63) is 59.4 Å². The highest BCUT2D eigenvalue weighted by atomic mass is 16.5. The molecule has 0 aliphatic heterocycles. The van der Waals surface area contributed by atoms with E-state index in [0.717, 1.165) is 11.1 Å². The van der Waals surface area contributed by atoms with Crippen molar-refractivity contribution in [3.63, 3.8) is 0 Å². The van der Waals surface area contributed by atoms with Crippen LogP contribution in [0, 0.1) is 6.92 Å². The summed E-state index contributed by atoms with van der Waals surface area (Å²) in [5.74, 6) is 0.381. The molecule has 0 bridgehead atoms. The summed E-state index contributed by atoms with van der Waals surface area (Å²) in [5, 5.41) is 14.9. The van der Waals surface area contributed by atoms with E-state index < -0.39 is 0 Å². The number of nitrogens with zero attached hydrogens (tertiary/aromatic N) is 4. The summed E-state index contributed by atoms with van der Waals surface area (Å²) in [5.41, 5.74) is 4.28. The third kappa shape index (κ3) is 5.28. The van der Waals surface area contributed by atoms with Gasteiger partial charge in [0.05, 0.1) is 12.3 Å². The number of rotatable bonds is 9. The Labute approximate surface area is 176 Å². The lowest BCUT2D eigenvalue weighted by atomic mass is 10.0. The van der Waals surface area contributed by atoms with Crippen molar-refractivity contribution in [2.45, 2.75) is 33.4 Å². The van der Waals surface area contributed by atoms with E-state index in [4.69, 9.17) is 9.47 Å². The fourth-order valence-corrected chi connectivity index (χ4v) is 3.07. The van der Waals surface area contributed by atoms with Crippen molar-refractivity contribution < 1.29 is 14.3 Å². The zero-order valence-corrected chi connectivity index (χ0v) is 17.8. The van der Waals surface area contributed by atoms with Gasteiger partial charge < -0.3 is 14.8 Å². The van der Waals surface area contributed by atoms with Crippen LogP contribution in [0.1, 0.15) is 35.6 Å². The molecule has 1 atom stereocenters. The molecule has 8 nitrogen and oxygen atoms in total. The van der Waals surface area contributed by atoms with Gasteiger partial charge in [-0.1, -0.05) is 29.8 Å². The SMILES string of the molecule is CCOCc1nnnn1-c1cc(C(=O)N[C@H](C)COC)cc(-c2ccc(C)cc2)c1. The maximum absolute atomic E-state index is 12.9. The second-order valence-electron chi connectivity index (χ2n) is 7.11. The van der Waals surface area contributed by atoms with E-state index in [1.807, 2.05) is 57.2 Å². The van der Waals surface area contributed by atoms with E-state index in [1.54, 1.807) is 17.9 Å².